The first-order chi connectivity index (χ1) is 5.70. The van der Waals surface area contributed by atoms with E-state index in [1.165, 1.54) is 0 Å². The lowest BCUT2D eigenvalue weighted by Crippen LogP contribution is -2.38. The SMILES string of the molecule is CC(N)NC(=O)c1c[c]ccc1. The Labute approximate surface area is 71.6 Å². The van der Waals surface area contributed by atoms with Gasteiger partial charge in [-0.1, -0.05) is 12.1 Å². The maximum Gasteiger partial charge on any atom is 0.252 e. The number of carbonyl (C=O) groups is 1. The van der Waals surface area contributed by atoms with Crippen molar-refractivity contribution < 1.29 is 4.79 Å². The van der Waals surface area contributed by atoms with Crippen LogP contribution in [0.4, 0.5) is 0 Å². The molecule has 3 nitrogen and oxygen atoms in total. The Bertz CT molecular complexity index is 256. The van der Waals surface area contributed by atoms with E-state index >= 15 is 0 Å². The molecule has 0 spiro atoms. The van der Waals surface area contributed by atoms with Gasteiger partial charge in [-0.2, -0.15) is 0 Å². The number of carbonyl (C=O) groups excluding carboxylic acids is 1. The molecule has 1 rings (SSSR count). The van der Waals surface area contributed by atoms with Crippen molar-refractivity contribution in [1.29, 1.82) is 0 Å². The average molecular weight is 163 g/mol. The number of rotatable bonds is 2. The largest absolute Gasteiger partial charge is 0.337 e. The van der Waals surface area contributed by atoms with E-state index < -0.39 is 0 Å². The molecule has 1 unspecified atom stereocenters. The summed E-state index contributed by atoms with van der Waals surface area (Å²) in [5.74, 6) is -0.165. The highest BCUT2D eigenvalue weighted by atomic mass is 16.1. The number of nitrogens with one attached hydrogen (secondary N) is 1. The van der Waals surface area contributed by atoms with E-state index in [9.17, 15) is 4.79 Å². The van der Waals surface area contributed by atoms with Crippen LogP contribution in [0.2, 0.25) is 0 Å². The fourth-order valence-electron chi connectivity index (χ4n) is 0.825. The minimum atomic E-state index is -0.322. The van der Waals surface area contributed by atoms with Gasteiger partial charge in [0.1, 0.15) is 0 Å². The third-order valence-electron chi connectivity index (χ3n) is 1.33. The maximum absolute atomic E-state index is 11.2. The van der Waals surface area contributed by atoms with Crippen LogP contribution in [0.5, 0.6) is 0 Å². The van der Waals surface area contributed by atoms with Crippen LogP contribution in [0.25, 0.3) is 0 Å². The molecule has 1 radical (unpaired) electrons. The van der Waals surface area contributed by atoms with Gasteiger partial charge in [0.25, 0.3) is 5.91 Å². The number of benzene rings is 1. The molecule has 3 heteroatoms. The average Bonchev–Trinajstić information content (AvgIpc) is 2.05. The van der Waals surface area contributed by atoms with Crippen LogP contribution >= 0.6 is 0 Å². The standard InChI is InChI=1S/C9H11N2O/c1-7(10)11-9(12)8-5-3-2-4-6-8/h2-3,5-7H,10H2,1H3,(H,11,12). The van der Waals surface area contributed by atoms with Gasteiger partial charge in [-0.05, 0) is 25.1 Å². The van der Waals surface area contributed by atoms with Crippen molar-refractivity contribution in [2.24, 2.45) is 5.73 Å². The van der Waals surface area contributed by atoms with E-state index in [4.69, 9.17) is 5.73 Å². The molecule has 1 amide bonds. The van der Waals surface area contributed by atoms with Gasteiger partial charge >= 0.3 is 0 Å². The minimum absolute atomic E-state index is 0.165. The Hall–Kier alpha value is -1.35. The molecule has 12 heavy (non-hydrogen) atoms. The van der Waals surface area contributed by atoms with Crippen LogP contribution in [0.1, 0.15) is 17.3 Å². The zero-order chi connectivity index (χ0) is 8.97. The fraction of sp³-hybridized carbons (Fsp3) is 0.222. The zero-order valence-electron chi connectivity index (χ0n) is 6.87. The summed E-state index contributed by atoms with van der Waals surface area (Å²) in [6.45, 7) is 1.71. The topological polar surface area (TPSA) is 55.1 Å². The Morgan fingerprint density at radius 1 is 1.75 bits per heavy atom. The maximum atomic E-state index is 11.2. The van der Waals surface area contributed by atoms with E-state index in [0.29, 0.717) is 5.56 Å². The molecule has 1 atom stereocenters. The number of nitrogens with two attached hydrogens (primary N) is 1. The highest BCUT2D eigenvalue weighted by Gasteiger charge is 2.04. The molecular weight excluding hydrogens is 152 g/mol. The minimum Gasteiger partial charge on any atom is -0.337 e. The summed E-state index contributed by atoms with van der Waals surface area (Å²) < 4.78 is 0. The third kappa shape index (κ3) is 2.36. The van der Waals surface area contributed by atoms with Gasteiger partial charge in [-0.25, -0.2) is 0 Å². The second-order valence-corrected chi connectivity index (χ2v) is 2.55. The Morgan fingerprint density at radius 3 is 3.00 bits per heavy atom. The summed E-state index contributed by atoms with van der Waals surface area (Å²) in [5.41, 5.74) is 5.97. The molecule has 0 aliphatic rings. The van der Waals surface area contributed by atoms with Crippen molar-refractivity contribution in [2.75, 3.05) is 0 Å². The van der Waals surface area contributed by atoms with Crippen molar-refractivity contribution in [3.63, 3.8) is 0 Å². The Kier molecular flexibility index (Phi) is 2.82. The van der Waals surface area contributed by atoms with Crippen LogP contribution in [0, 0.1) is 6.07 Å². The van der Waals surface area contributed by atoms with E-state index in [-0.39, 0.29) is 12.1 Å². The Balaban J connectivity index is 2.66. The quantitative estimate of drug-likeness (QED) is 0.624. The molecule has 0 saturated heterocycles. The molecule has 1 aromatic carbocycles. The second kappa shape index (κ2) is 3.88. The molecule has 1 aromatic rings. The first kappa shape index (κ1) is 8.74. The molecule has 0 fully saturated rings. The fourth-order valence-corrected chi connectivity index (χ4v) is 0.825. The molecular formula is C9H11N2O. The zero-order valence-corrected chi connectivity index (χ0v) is 6.87. The van der Waals surface area contributed by atoms with Gasteiger partial charge in [0.15, 0.2) is 0 Å². The smallest absolute Gasteiger partial charge is 0.252 e. The molecule has 3 N–H and O–H groups in total. The summed E-state index contributed by atoms with van der Waals surface area (Å²) in [5, 5.41) is 2.58. The van der Waals surface area contributed by atoms with Crippen molar-refractivity contribution in [3.8, 4) is 0 Å². The molecule has 0 bridgehead atoms. The van der Waals surface area contributed by atoms with Crippen LogP contribution in [0.3, 0.4) is 0 Å². The lowest BCUT2D eigenvalue weighted by Gasteiger charge is -2.07. The van der Waals surface area contributed by atoms with Gasteiger partial charge in [0.2, 0.25) is 0 Å². The van der Waals surface area contributed by atoms with Crippen molar-refractivity contribution in [1.82, 2.24) is 5.32 Å². The summed E-state index contributed by atoms with van der Waals surface area (Å²) in [6, 6.07) is 9.65. The lowest BCUT2D eigenvalue weighted by atomic mass is 10.2. The molecule has 0 aliphatic carbocycles. The number of amides is 1. The van der Waals surface area contributed by atoms with Crippen LogP contribution < -0.4 is 11.1 Å². The molecule has 0 saturated carbocycles. The predicted octanol–water partition coefficient (Wildman–Crippen LogP) is 0.521. The summed E-state index contributed by atoms with van der Waals surface area (Å²) in [7, 11) is 0. The monoisotopic (exact) mass is 163 g/mol. The van der Waals surface area contributed by atoms with E-state index in [2.05, 4.69) is 11.4 Å². The van der Waals surface area contributed by atoms with Gasteiger partial charge in [-0.3, -0.25) is 4.79 Å². The first-order valence-corrected chi connectivity index (χ1v) is 3.72. The normalized spacial score (nSPS) is 12.2. The molecule has 0 heterocycles. The Morgan fingerprint density at radius 2 is 2.50 bits per heavy atom. The van der Waals surface area contributed by atoms with Gasteiger partial charge in [-0.15, -0.1) is 0 Å². The lowest BCUT2D eigenvalue weighted by molar-refractivity contribution is 0.0941. The van der Waals surface area contributed by atoms with E-state index in [0.717, 1.165) is 0 Å². The summed E-state index contributed by atoms with van der Waals surface area (Å²) in [6.07, 6.45) is -0.322. The van der Waals surface area contributed by atoms with Gasteiger partial charge in [0, 0.05) is 5.56 Å². The molecule has 0 aromatic heterocycles. The summed E-state index contributed by atoms with van der Waals surface area (Å²) in [4.78, 5) is 11.2. The van der Waals surface area contributed by atoms with Crippen LogP contribution in [-0.4, -0.2) is 12.1 Å². The number of hydrogen-bond donors (Lipinski definition) is 2. The van der Waals surface area contributed by atoms with Gasteiger partial charge < -0.3 is 11.1 Å². The summed E-state index contributed by atoms with van der Waals surface area (Å²) >= 11 is 0. The van der Waals surface area contributed by atoms with Gasteiger partial charge in [0.05, 0.1) is 6.17 Å². The highest BCUT2D eigenvalue weighted by molar-refractivity contribution is 5.94. The van der Waals surface area contributed by atoms with Crippen LogP contribution in [-0.2, 0) is 0 Å². The molecule has 63 valence electrons. The van der Waals surface area contributed by atoms with E-state index in [1.54, 1.807) is 31.2 Å². The van der Waals surface area contributed by atoms with Crippen molar-refractivity contribution in [3.05, 3.63) is 35.9 Å². The third-order valence-corrected chi connectivity index (χ3v) is 1.33. The highest BCUT2D eigenvalue weighted by Crippen LogP contribution is 1.96. The first-order valence-electron chi connectivity index (χ1n) is 3.72. The number of hydrogen-bond acceptors (Lipinski definition) is 2. The van der Waals surface area contributed by atoms with Crippen molar-refractivity contribution >= 4 is 5.91 Å². The second-order valence-electron chi connectivity index (χ2n) is 2.55. The molecule has 0 aliphatic heterocycles. The predicted molar refractivity (Wildman–Crippen MR) is 46.4 cm³/mol. The van der Waals surface area contributed by atoms with Crippen LogP contribution in [0.15, 0.2) is 24.3 Å². The van der Waals surface area contributed by atoms with Crippen molar-refractivity contribution in [2.45, 2.75) is 13.1 Å². The van der Waals surface area contributed by atoms with E-state index in [1.807, 2.05) is 0 Å².